The minimum Gasteiger partial charge on any atom is -0.490 e. The maximum Gasteiger partial charge on any atom is 0.255 e. The minimum absolute atomic E-state index is 0.0916. The zero-order valence-corrected chi connectivity index (χ0v) is 19.7. The lowest BCUT2D eigenvalue weighted by molar-refractivity contribution is 0.0953. The van der Waals surface area contributed by atoms with Crippen molar-refractivity contribution in [1.29, 1.82) is 0 Å². The topological polar surface area (TPSA) is 65.4 Å². The van der Waals surface area contributed by atoms with Gasteiger partial charge in [-0.2, -0.15) is 5.10 Å². The van der Waals surface area contributed by atoms with Crippen molar-refractivity contribution < 1.29 is 14.3 Å². The highest BCUT2D eigenvalue weighted by Gasteiger charge is 2.18. The third-order valence-corrected chi connectivity index (χ3v) is 5.37. The Hall–Kier alpha value is -3.28. The molecule has 0 aliphatic heterocycles. The van der Waals surface area contributed by atoms with Crippen molar-refractivity contribution in [2.24, 2.45) is 0 Å². The van der Waals surface area contributed by atoms with Crippen LogP contribution in [0.5, 0.6) is 11.5 Å². The number of amides is 1. The van der Waals surface area contributed by atoms with Crippen LogP contribution in [0, 0.1) is 20.8 Å². The maximum atomic E-state index is 12.9. The molecule has 32 heavy (non-hydrogen) atoms. The summed E-state index contributed by atoms with van der Waals surface area (Å²) < 4.78 is 13.2. The second kappa shape index (κ2) is 10.8. The number of aromatic nitrogens is 2. The van der Waals surface area contributed by atoms with Crippen molar-refractivity contribution in [2.75, 3.05) is 19.8 Å². The van der Waals surface area contributed by atoms with Gasteiger partial charge in [-0.3, -0.25) is 9.48 Å². The number of benzene rings is 2. The van der Waals surface area contributed by atoms with Gasteiger partial charge in [0.2, 0.25) is 0 Å². The van der Waals surface area contributed by atoms with E-state index in [4.69, 9.17) is 9.47 Å². The summed E-state index contributed by atoms with van der Waals surface area (Å²) in [5.74, 6) is 1.39. The van der Waals surface area contributed by atoms with E-state index in [9.17, 15) is 4.79 Å². The molecule has 0 saturated carbocycles. The first-order valence-electron chi connectivity index (χ1n) is 11.2. The van der Waals surface area contributed by atoms with Gasteiger partial charge in [0.25, 0.3) is 5.91 Å². The van der Waals surface area contributed by atoms with Gasteiger partial charge in [0, 0.05) is 12.2 Å². The van der Waals surface area contributed by atoms with Crippen LogP contribution >= 0.6 is 0 Å². The van der Waals surface area contributed by atoms with E-state index >= 15 is 0 Å². The van der Waals surface area contributed by atoms with E-state index < -0.39 is 0 Å². The summed E-state index contributed by atoms with van der Waals surface area (Å²) >= 11 is 0. The first-order valence-corrected chi connectivity index (χ1v) is 11.2. The number of aryl methyl sites for hydroxylation is 2. The number of hydrogen-bond acceptors (Lipinski definition) is 4. The molecule has 170 valence electrons. The Morgan fingerprint density at radius 3 is 2.28 bits per heavy atom. The summed E-state index contributed by atoms with van der Waals surface area (Å²) in [6, 6.07) is 14.3. The van der Waals surface area contributed by atoms with Crippen molar-refractivity contribution in [3.63, 3.8) is 0 Å². The number of carbonyl (C=O) groups excluding carboxylic acids is 1. The van der Waals surface area contributed by atoms with Crippen molar-refractivity contribution in [3.8, 4) is 11.5 Å². The van der Waals surface area contributed by atoms with Crippen molar-refractivity contribution in [2.45, 2.75) is 47.6 Å². The average Bonchev–Trinajstić information content (AvgIpc) is 3.04. The molecule has 0 bridgehead atoms. The molecule has 1 heterocycles. The molecule has 0 fully saturated rings. The molecule has 3 aromatic rings. The van der Waals surface area contributed by atoms with Crippen molar-refractivity contribution >= 4 is 5.91 Å². The minimum atomic E-state index is -0.0916. The molecule has 6 nitrogen and oxygen atoms in total. The molecule has 2 aromatic carbocycles. The molecule has 1 aromatic heterocycles. The lowest BCUT2D eigenvalue weighted by Gasteiger charge is -2.13. The number of carbonyl (C=O) groups is 1. The lowest BCUT2D eigenvalue weighted by Crippen LogP contribution is -2.26. The van der Waals surface area contributed by atoms with Gasteiger partial charge in [0.1, 0.15) is 0 Å². The van der Waals surface area contributed by atoms with Crippen LogP contribution in [0.25, 0.3) is 0 Å². The van der Waals surface area contributed by atoms with E-state index in [0.29, 0.717) is 38.3 Å². The molecule has 0 aliphatic carbocycles. The molecule has 1 N–H and O–H groups in total. The summed E-state index contributed by atoms with van der Waals surface area (Å²) in [5, 5.41) is 7.64. The van der Waals surface area contributed by atoms with Crippen LogP contribution in [0.3, 0.4) is 0 Å². The lowest BCUT2D eigenvalue weighted by atomic mass is 10.1. The first-order chi connectivity index (χ1) is 15.4. The van der Waals surface area contributed by atoms with Crippen LogP contribution in [-0.4, -0.2) is 35.4 Å². The highest BCUT2D eigenvalue weighted by molar-refractivity contribution is 5.96. The molecule has 1 amide bonds. The van der Waals surface area contributed by atoms with Crippen LogP contribution in [-0.2, 0) is 13.0 Å². The second-order valence-corrected chi connectivity index (χ2v) is 7.84. The fraction of sp³-hybridized carbons (Fsp3) is 0.385. The molecule has 0 atom stereocenters. The van der Waals surface area contributed by atoms with Gasteiger partial charge < -0.3 is 14.8 Å². The average molecular weight is 436 g/mol. The van der Waals surface area contributed by atoms with Crippen LogP contribution in [0.2, 0.25) is 0 Å². The van der Waals surface area contributed by atoms with Gasteiger partial charge in [-0.1, -0.05) is 35.9 Å². The number of nitrogens with zero attached hydrogens (tertiary/aromatic N) is 2. The third-order valence-electron chi connectivity index (χ3n) is 5.37. The summed E-state index contributed by atoms with van der Waals surface area (Å²) in [5.41, 5.74) is 5.74. The Morgan fingerprint density at radius 1 is 0.938 bits per heavy atom. The quantitative estimate of drug-likeness (QED) is 0.504. The Bertz CT molecular complexity index is 1050. The highest BCUT2D eigenvalue weighted by Crippen LogP contribution is 2.28. The largest absolute Gasteiger partial charge is 0.490 e. The maximum absolute atomic E-state index is 12.9. The SMILES string of the molecule is CCOc1ccc(CCNC(=O)c2c(C)nn(Cc3ccc(C)cc3)c2C)cc1OCC. The van der Waals surface area contributed by atoms with Gasteiger partial charge in [0.05, 0.1) is 31.0 Å². The standard InChI is InChI=1S/C26H33N3O3/c1-6-31-23-13-12-21(16-24(23)32-7-2)14-15-27-26(30)25-19(4)28-29(20(25)5)17-22-10-8-18(3)9-11-22/h8-13,16H,6-7,14-15,17H2,1-5H3,(H,27,30). The smallest absolute Gasteiger partial charge is 0.255 e. The van der Waals surface area contributed by atoms with Gasteiger partial charge in [-0.05, 0) is 64.3 Å². The van der Waals surface area contributed by atoms with Gasteiger partial charge in [0.15, 0.2) is 11.5 Å². The predicted octanol–water partition coefficient (Wildman–Crippen LogP) is 4.63. The molecule has 0 radical (unpaired) electrons. The van der Waals surface area contributed by atoms with E-state index in [1.807, 2.05) is 50.6 Å². The zero-order chi connectivity index (χ0) is 23.1. The van der Waals surface area contributed by atoms with Crippen LogP contribution in [0.4, 0.5) is 0 Å². The first kappa shape index (κ1) is 23.4. The number of rotatable bonds is 10. The molecule has 0 saturated heterocycles. The van der Waals surface area contributed by atoms with E-state index in [0.717, 1.165) is 34.0 Å². The second-order valence-electron chi connectivity index (χ2n) is 7.84. The fourth-order valence-corrected chi connectivity index (χ4v) is 3.71. The van der Waals surface area contributed by atoms with Crippen LogP contribution < -0.4 is 14.8 Å². The molecular weight excluding hydrogens is 402 g/mol. The monoisotopic (exact) mass is 435 g/mol. The van der Waals surface area contributed by atoms with Crippen molar-refractivity contribution in [1.82, 2.24) is 15.1 Å². The Balaban J connectivity index is 1.63. The van der Waals surface area contributed by atoms with E-state index in [2.05, 4.69) is 41.6 Å². The molecule has 0 unspecified atom stereocenters. The van der Waals surface area contributed by atoms with Crippen LogP contribution in [0.15, 0.2) is 42.5 Å². The molecule has 3 rings (SSSR count). The van der Waals surface area contributed by atoms with E-state index in [-0.39, 0.29) is 5.91 Å². The Morgan fingerprint density at radius 2 is 1.59 bits per heavy atom. The van der Waals surface area contributed by atoms with E-state index in [1.54, 1.807) is 0 Å². The molecule has 0 spiro atoms. The summed E-state index contributed by atoms with van der Waals surface area (Å²) in [6.07, 6.45) is 0.702. The normalized spacial score (nSPS) is 10.8. The number of nitrogens with one attached hydrogen (secondary N) is 1. The van der Waals surface area contributed by atoms with Crippen molar-refractivity contribution in [3.05, 3.63) is 76.1 Å². The Labute approximate surface area is 190 Å². The third kappa shape index (κ3) is 5.69. The van der Waals surface area contributed by atoms with Crippen LogP contribution in [0.1, 0.15) is 52.3 Å². The summed E-state index contributed by atoms with van der Waals surface area (Å²) in [6.45, 7) is 12.1. The molecule has 6 heteroatoms. The van der Waals surface area contributed by atoms with Gasteiger partial charge >= 0.3 is 0 Å². The van der Waals surface area contributed by atoms with Gasteiger partial charge in [-0.25, -0.2) is 0 Å². The Kier molecular flexibility index (Phi) is 7.92. The summed E-state index contributed by atoms with van der Waals surface area (Å²) in [4.78, 5) is 12.9. The zero-order valence-electron chi connectivity index (χ0n) is 19.7. The predicted molar refractivity (Wildman–Crippen MR) is 127 cm³/mol. The highest BCUT2D eigenvalue weighted by atomic mass is 16.5. The number of hydrogen-bond donors (Lipinski definition) is 1. The fourth-order valence-electron chi connectivity index (χ4n) is 3.71. The van der Waals surface area contributed by atoms with Gasteiger partial charge in [-0.15, -0.1) is 0 Å². The number of ether oxygens (including phenoxy) is 2. The van der Waals surface area contributed by atoms with E-state index in [1.165, 1.54) is 5.56 Å². The molecule has 0 aliphatic rings. The summed E-state index contributed by atoms with van der Waals surface area (Å²) in [7, 11) is 0. The molecular formula is C26H33N3O3.